The summed E-state index contributed by atoms with van der Waals surface area (Å²) in [6, 6.07) is 17.0. The number of halogens is 1. The fourth-order valence-electron chi connectivity index (χ4n) is 2.49. The number of benzene rings is 2. The number of pyridine rings is 1. The molecule has 0 atom stereocenters. The van der Waals surface area contributed by atoms with E-state index in [0.29, 0.717) is 11.7 Å². The Bertz CT molecular complexity index is 958. The first-order valence-electron chi connectivity index (χ1n) is 8.41. The minimum Gasteiger partial charge on any atom is -0.497 e. The van der Waals surface area contributed by atoms with E-state index in [-0.39, 0.29) is 6.61 Å². The Morgan fingerprint density at radius 3 is 2.78 bits per heavy atom. The molecule has 27 heavy (non-hydrogen) atoms. The number of fused-ring (bicyclic) bond motifs is 1. The van der Waals surface area contributed by atoms with Gasteiger partial charge in [0, 0.05) is 17.5 Å². The molecule has 1 aromatic heterocycles. The second-order valence-electron chi connectivity index (χ2n) is 5.77. The number of alkyl carbamates (subject to hydrolysis) is 1. The van der Waals surface area contributed by atoms with Crippen molar-refractivity contribution in [2.75, 3.05) is 13.7 Å². The van der Waals surface area contributed by atoms with Crippen molar-refractivity contribution >= 4 is 34.7 Å². The van der Waals surface area contributed by atoms with Gasteiger partial charge in [0.25, 0.3) is 0 Å². The minimum atomic E-state index is -0.476. The van der Waals surface area contributed by atoms with Crippen molar-refractivity contribution < 1.29 is 14.3 Å². The average Bonchev–Trinajstić information content (AvgIpc) is 2.70. The number of carbonyl (C=O) groups excluding carboxylic acids is 1. The first kappa shape index (κ1) is 18.7. The number of aromatic nitrogens is 1. The van der Waals surface area contributed by atoms with Crippen molar-refractivity contribution in [2.24, 2.45) is 0 Å². The van der Waals surface area contributed by atoms with Gasteiger partial charge >= 0.3 is 6.09 Å². The van der Waals surface area contributed by atoms with Gasteiger partial charge in [-0.1, -0.05) is 54.1 Å². The van der Waals surface area contributed by atoms with E-state index in [9.17, 15) is 4.79 Å². The molecule has 6 heteroatoms. The van der Waals surface area contributed by atoms with Crippen molar-refractivity contribution in [1.82, 2.24) is 10.3 Å². The highest BCUT2D eigenvalue weighted by Crippen LogP contribution is 2.25. The average molecular weight is 383 g/mol. The summed E-state index contributed by atoms with van der Waals surface area (Å²) in [5, 5.41) is 3.99. The maximum Gasteiger partial charge on any atom is 0.407 e. The number of nitrogens with one attached hydrogen (secondary N) is 1. The molecule has 0 fully saturated rings. The molecule has 2 aromatic carbocycles. The second kappa shape index (κ2) is 9.05. The minimum absolute atomic E-state index is 0.235. The van der Waals surface area contributed by atoms with Gasteiger partial charge in [-0.05, 0) is 29.8 Å². The van der Waals surface area contributed by atoms with Crippen LogP contribution in [0.4, 0.5) is 4.79 Å². The molecule has 0 spiro atoms. The van der Waals surface area contributed by atoms with Crippen molar-refractivity contribution in [1.29, 1.82) is 0 Å². The molecule has 1 heterocycles. The predicted molar refractivity (Wildman–Crippen MR) is 107 cm³/mol. The summed E-state index contributed by atoms with van der Waals surface area (Å²) in [5.74, 6) is 0.754. The number of ether oxygens (including phenoxy) is 2. The van der Waals surface area contributed by atoms with Crippen LogP contribution < -0.4 is 10.1 Å². The topological polar surface area (TPSA) is 60.5 Å². The van der Waals surface area contributed by atoms with E-state index in [4.69, 9.17) is 21.1 Å². The van der Waals surface area contributed by atoms with E-state index in [1.165, 1.54) is 0 Å². The molecule has 1 N–H and O–H groups in total. The number of nitrogens with zero attached hydrogens (tertiary/aromatic N) is 1. The molecule has 0 aliphatic carbocycles. The summed E-state index contributed by atoms with van der Waals surface area (Å²) in [6.45, 7) is 0.554. The van der Waals surface area contributed by atoms with E-state index in [0.717, 1.165) is 27.8 Å². The summed E-state index contributed by atoms with van der Waals surface area (Å²) in [4.78, 5) is 16.1. The third kappa shape index (κ3) is 5.21. The Labute approximate surface area is 162 Å². The summed E-state index contributed by atoms with van der Waals surface area (Å²) in [6.07, 6.45) is 3.13. The molecule has 5 nitrogen and oxygen atoms in total. The zero-order valence-corrected chi connectivity index (χ0v) is 15.6. The van der Waals surface area contributed by atoms with E-state index in [1.54, 1.807) is 13.2 Å². The Hall–Kier alpha value is -3.05. The molecule has 0 saturated carbocycles. The van der Waals surface area contributed by atoms with Crippen LogP contribution in [0.1, 0.15) is 11.1 Å². The molecule has 1 amide bonds. The SMILES string of the molecule is COc1ccc2nc(Cl)c(C=CCNC(=O)OCc3ccccc3)cc2c1. The smallest absolute Gasteiger partial charge is 0.407 e. The van der Waals surface area contributed by atoms with E-state index < -0.39 is 6.09 Å². The predicted octanol–water partition coefficient (Wildman–Crippen LogP) is 4.84. The fraction of sp³-hybridized carbons (Fsp3) is 0.143. The number of hydrogen-bond donors (Lipinski definition) is 1. The van der Waals surface area contributed by atoms with Crippen LogP contribution in [0.3, 0.4) is 0 Å². The van der Waals surface area contributed by atoms with Crippen molar-refractivity contribution in [3.8, 4) is 5.75 Å². The van der Waals surface area contributed by atoms with E-state index in [2.05, 4.69) is 10.3 Å². The number of methoxy groups -OCH3 is 1. The van der Waals surface area contributed by atoms with Gasteiger partial charge in [-0.25, -0.2) is 9.78 Å². The number of rotatable bonds is 6. The van der Waals surface area contributed by atoms with Crippen LogP contribution >= 0.6 is 11.6 Å². The quantitative estimate of drug-likeness (QED) is 0.620. The zero-order chi connectivity index (χ0) is 19.1. The van der Waals surface area contributed by atoms with Crippen molar-refractivity contribution in [2.45, 2.75) is 6.61 Å². The van der Waals surface area contributed by atoms with Crippen LogP contribution in [0.2, 0.25) is 5.15 Å². The van der Waals surface area contributed by atoms with Gasteiger partial charge in [-0.2, -0.15) is 0 Å². The van der Waals surface area contributed by atoms with E-state index in [1.807, 2.05) is 60.7 Å². The molecule has 3 aromatic rings. The molecule has 0 unspecified atom stereocenters. The lowest BCUT2D eigenvalue weighted by Gasteiger charge is -2.06. The van der Waals surface area contributed by atoms with Crippen LogP contribution in [0, 0.1) is 0 Å². The summed E-state index contributed by atoms with van der Waals surface area (Å²) < 4.78 is 10.4. The number of carbonyl (C=O) groups is 1. The number of hydrogen-bond acceptors (Lipinski definition) is 4. The summed E-state index contributed by atoms with van der Waals surface area (Å²) in [5.41, 5.74) is 2.49. The third-order valence-corrected chi connectivity index (χ3v) is 4.18. The summed E-state index contributed by atoms with van der Waals surface area (Å²) >= 11 is 6.23. The maximum atomic E-state index is 11.7. The molecule has 138 valence electrons. The lowest BCUT2D eigenvalue weighted by molar-refractivity contribution is 0.141. The lowest BCUT2D eigenvalue weighted by atomic mass is 10.1. The van der Waals surface area contributed by atoms with Gasteiger partial charge in [-0.15, -0.1) is 0 Å². The first-order valence-corrected chi connectivity index (χ1v) is 8.79. The van der Waals surface area contributed by atoms with Crippen LogP contribution in [0.25, 0.3) is 17.0 Å². The Balaban J connectivity index is 1.56. The molecular weight excluding hydrogens is 364 g/mol. The molecule has 3 rings (SSSR count). The second-order valence-corrected chi connectivity index (χ2v) is 6.13. The molecule has 0 aliphatic rings. The Morgan fingerprint density at radius 2 is 2.00 bits per heavy atom. The normalized spacial score (nSPS) is 10.9. The molecule has 0 bridgehead atoms. The molecule has 0 saturated heterocycles. The van der Waals surface area contributed by atoms with Crippen molar-refractivity contribution in [3.63, 3.8) is 0 Å². The Kier molecular flexibility index (Phi) is 6.28. The fourth-order valence-corrected chi connectivity index (χ4v) is 2.70. The molecule has 0 aliphatic heterocycles. The van der Waals surface area contributed by atoms with Gasteiger partial charge in [0.2, 0.25) is 0 Å². The largest absolute Gasteiger partial charge is 0.497 e. The standard InChI is InChI=1S/C21H19ClN2O3/c1-26-18-9-10-19-17(13-18)12-16(20(22)24-19)8-5-11-23-21(25)27-14-15-6-3-2-4-7-15/h2-10,12-13H,11,14H2,1H3,(H,23,25). The number of amides is 1. The van der Waals surface area contributed by atoms with Crippen molar-refractivity contribution in [3.05, 3.63) is 77.0 Å². The van der Waals surface area contributed by atoms with Crippen LogP contribution in [0.15, 0.2) is 60.7 Å². The van der Waals surface area contributed by atoms with Gasteiger partial charge in [0.15, 0.2) is 0 Å². The third-order valence-electron chi connectivity index (χ3n) is 3.88. The highest BCUT2D eigenvalue weighted by atomic mass is 35.5. The highest BCUT2D eigenvalue weighted by Gasteiger charge is 2.04. The molecule has 0 radical (unpaired) electrons. The Morgan fingerprint density at radius 1 is 1.19 bits per heavy atom. The van der Waals surface area contributed by atoms with Gasteiger partial charge < -0.3 is 14.8 Å². The zero-order valence-electron chi connectivity index (χ0n) is 14.8. The van der Waals surface area contributed by atoms with Gasteiger partial charge in [0.05, 0.1) is 12.6 Å². The van der Waals surface area contributed by atoms with Crippen LogP contribution in [-0.4, -0.2) is 24.7 Å². The highest BCUT2D eigenvalue weighted by molar-refractivity contribution is 6.31. The van der Waals surface area contributed by atoms with Gasteiger partial charge in [-0.3, -0.25) is 0 Å². The first-order chi connectivity index (χ1) is 13.2. The van der Waals surface area contributed by atoms with Crippen LogP contribution in [-0.2, 0) is 11.3 Å². The monoisotopic (exact) mass is 382 g/mol. The maximum absolute atomic E-state index is 11.7. The summed E-state index contributed by atoms with van der Waals surface area (Å²) in [7, 11) is 1.62. The van der Waals surface area contributed by atoms with Crippen LogP contribution in [0.5, 0.6) is 5.75 Å². The van der Waals surface area contributed by atoms with Gasteiger partial charge in [0.1, 0.15) is 17.5 Å². The molecular formula is C21H19ClN2O3. The van der Waals surface area contributed by atoms with E-state index >= 15 is 0 Å². The lowest BCUT2D eigenvalue weighted by Crippen LogP contribution is -2.24.